The van der Waals surface area contributed by atoms with Gasteiger partial charge in [0, 0.05) is 5.92 Å². The SMILES string of the molecule is ClC1=C2N=CC3=NC=NC32C(C2CCCC2)C=C1. The average Bonchev–Trinajstić information content (AvgIpc) is 3.03. The van der Waals surface area contributed by atoms with Gasteiger partial charge in [0.05, 0.1) is 22.7 Å². The van der Waals surface area contributed by atoms with Gasteiger partial charge in [-0.05, 0) is 24.8 Å². The molecule has 2 heterocycles. The quantitative estimate of drug-likeness (QED) is 0.694. The van der Waals surface area contributed by atoms with Crippen LogP contribution in [0.4, 0.5) is 0 Å². The average molecular weight is 260 g/mol. The van der Waals surface area contributed by atoms with Crippen molar-refractivity contribution in [1.29, 1.82) is 0 Å². The van der Waals surface area contributed by atoms with Crippen LogP contribution in [0.15, 0.2) is 37.9 Å². The van der Waals surface area contributed by atoms with Gasteiger partial charge in [-0.1, -0.05) is 30.5 Å². The van der Waals surface area contributed by atoms with Crippen LogP contribution in [0.1, 0.15) is 25.7 Å². The van der Waals surface area contributed by atoms with Crippen LogP contribution < -0.4 is 0 Å². The van der Waals surface area contributed by atoms with E-state index in [4.69, 9.17) is 11.6 Å². The Morgan fingerprint density at radius 2 is 2.11 bits per heavy atom. The first-order valence-corrected chi connectivity index (χ1v) is 6.94. The molecule has 2 aliphatic carbocycles. The second-order valence-electron chi connectivity index (χ2n) is 5.41. The molecular weight excluding hydrogens is 246 g/mol. The van der Waals surface area contributed by atoms with Crippen molar-refractivity contribution < 1.29 is 0 Å². The fourth-order valence-corrected chi connectivity index (χ4v) is 4.03. The molecule has 1 fully saturated rings. The van der Waals surface area contributed by atoms with Crippen molar-refractivity contribution in [2.75, 3.05) is 0 Å². The normalized spacial score (nSPS) is 37.4. The molecule has 0 N–H and O–H groups in total. The Bertz CT molecular complexity index is 549. The van der Waals surface area contributed by atoms with Crippen LogP contribution in [-0.2, 0) is 0 Å². The molecule has 4 rings (SSSR count). The number of hydrogen-bond donors (Lipinski definition) is 0. The summed E-state index contributed by atoms with van der Waals surface area (Å²) in [5, 5.41) is 0.713. The predicted octanol–water partition coefficient (Wildman–Crippen LogP) is 3.12. The molecule has 0 aromatic heterocycles. The van der Waals surface area contributed by atoms with E-state index in [-0.39, 0.29) is 5.54 Å². The van der Waals surface area contributed by atoms with E-state index in [0.29, 0.717) is 16.9 Å². The van der Waals surface area contributed by atoms with Crippen molar-refractivity contribution in [3.8, 4) is 0 Å². The number of hydrogen-bond acceptors (Lipinski definition) is 3. The first kappa shape index (κ1) is 10.7. The Labute approximate surface area is 111 Å². The molecule has 0 saturated heterocycles. The van der Waals surface area contributed by atoms with E-state index in [0.717, 1.165) is 11.4 Å². The number of nitrogens with zero attached hydrogens (tertiary/aromatic N) is 3. The largest absolute Gasteiger partial charge is 0.255 e. The van der Waals surface area contributed by atoms with E-state index in [9.17, 15) is 0 Å². The summed E-state index contributed by atoms with van der Waals surface area (Å²) >= 11 is 6.30. The Hall–Kier alpha value is -1.22. The monoisotopic (exact) mass is 259 g/mol. The van der Waals surface area contributed by atoms with Gasteiger partial charge in [0.1, 0.15) is 6.34 Å². The molecule has 1 spiro atoms. The van der Waals surface area contributed by atoms with Crippen molar-refractivity contribution in [2.45, 2.75) is 31.2 Å². The topological polar surface area (TPSA) is 37.1 Å². The highest BCUT2D eigenvalue weighted by Gasteiger charge is 2.54. The van der Waals surface area contributed by atoms with Crippen LogP contribution in [0.25, 0.3) is 0 Å². The summed E-state index contributed by atoms with van der Waals surface area (Å²) in [6, 6.07) is 0. The van der Waals surface area contributed by atoms with Crippen LogP contribution >= 0.6 is 11.6 Å². The zero-order valence-electron chi connectivity index (χ0n) is 10.0. The van der Waals surface area contributed by atoms with Gasteiger partial charge in [-0.3, -0.25) is 9.98 Å². The van der Waals surface area contributed by atoms with Gasteiger partial charge in [0.2, 0.25) is 0 Å². The molecule has 4 heteroatoms. The lowest BCUT2D eigenvalue weighted by atomic mass is 9.70. The van der Waals surface area contributed by atoms with E-state index in [1.54, 1.807) is 6.34 Å². The molecule has 2 aliphatic heterocycles. The van der Waals surface area contributed by atoms with Gasteiger partial charge in [-0.2, -0.15) is 0 Å². The zero-order chi connectivity index (χ0) is 12.2. The minimum atomic E-state index is -0.388. The summed E-state index contributed by atoms with van der Waals surface area (Å²) in [6.07, 6.45) is 13.0. The third-order valence-electron chi connectivity index (χ3n) is 4.59. The molecule has 0 aromatic carbocycles. The van der Waals surface area contributed by atoms with Gasteiger partial charge in [0.15, 0.2) is 5.54 Å². The summed E-state index contributed by atoms with van der Waals surface area (Å²) < 4.78 is 0. The summed E-state index contributed by atoms with van der Waals surface area (Å²) in [6.45, 7) is 0. The van der Waals surface area contributed by atoms with E-state index in [1.165, 1.54) is 25.7 Å². The maximum atomic E-state index is 6.30. The fourth-order valence-electron chi connectivity index (χ4n) is 3.76. The molecule has 92 valence electrons. The molecule has 18 heavy (non-hydrogen) atoms. The lowest BCUT2D eigenvalue weighted by Gasteiger charge is -2.37. The molecule has 2 atom stereocenters. The van der Waals surface area contributed by atoms with Crippen LogP contribution in [-0.4, -0.2) is 23.8 Å². The fraction of sp³-hybridized carbons (Fsp3) is 0.500. The highest BCUT2D eigenvalue weighted by molar-refractivity contribution is 6.43. The summed E-state index contributed by atoms with van der Waals surface area (Å²) in [4.78, 5) is 13.5. The number of aliphatic imine (C=N–C) groups is 3. The number of halogens is 1. The van der Waals surface area contributed by atoms with Crippen LogP contribution in [0.5, 0.6) is 0 Å². The van der Waals surface area contributed by atoms with Crippen LogP contribution in [0.3, 0.4) is 0 Å². The number of allylic oxidation sites excluding steroid dienone is 2. The first-order chi connectivity index (χ1) is 8.82. The van der Waals surface area contributed by atoms with E-state index in [1.807, 2.05) is 12.3 Å². The van der Waals surface area contributed by atoms with Gasteiger partial charge in [0.25, 0.3) is 0 Å². The van der Waals surface area contributed by atoms with Crippen molar-refractivity contribution >= 4 is 29.9 Å². The Kier molecular flexibility index (Phi) is 2.16. The van der Waals surface area contributed by atoms with Gasteiger partial charge in [-0.25, -0.2) is 4.99 Å². The highest BCUT2D eigenvalue weighted by atomic mass is 35.5. The minimum Gasteiger partial charge on any atom is -0.255 e. The third kappa shape index (κ3) is 1.18. The predicted molar refractivity (Wildman–Crippen MR) is 74.6 cm³/mol. The summed E-state index contributed by atoms with van der Waals surface area (Å²) in [7, 11) is 0. The smallest absolute Gasteiger partial charge is 0.155 e. The van der Waals surface area contributed by atoms with Crippen molar-refractivity contribution in [1.82, 2.24) is 0 Å². The van der Waals surface area contributed by atoms with Crippen LogP contribution in [0, 0.1) is 11.8 Å². The van der Waals surface area contributed by atoms with Crippen molar-refractivity contribution in [3.63, 3.8) is 0 Å². The molecule has 0 aromatic rings. The van der Waals surface area contributed by atoms with E-state index < -0.39 is 0 Å². The number of rotatable bonds is 1. The first-order valence-electron chi connectivity index (χ1n) is 6.57. The van der Waals surface area contributed by atoms with Crippen LogP contribution in [0.2, 0.25) is 0 Å². The maximum Gasteiger partial charge on any atom is 0.155 e. The van der Waals surface area contributed by atoms with Crippen molar-refractivity contribution in [3.05, 3.63) is 22.9 Å². The standard InChI is InChI=1S/C14H14ClN3/c15-11-6-5-10(9-3-1-2-4-9)14-12(17-8-18-14)7-16-13(11)14/h5-10H,1-4H2. The van der Waals surface area contributed by atoms with Gasteiger partial charge in [-0.15, -0.1) is 0 Å². The van der Waals surface area contributed by atoms with Gasteiger partial charge >= 0.3 is 0 Å². The molecule has 0 bridgehead atoms. The van der Waals surface area contributed by atoms with E-state index in [2.05, 4.69) is 21.1 Å². The second kappa shape index (κ2) is 3.64. The molecule has 4 aliphatic rings. The molecule has 1 saturated carbocycles. The molecule has 3 nitrogen and oxygen atoms in total. The highest BCUT2D eigenvalue weighted by Crippen LogP contribution is 2.50. The summed E-state index contributed by atoms with van der Waals surface area (Å²) in [5.41, 5.74) is 1.48. The molecular formula is C14H14ClN3. The Morgan fingerprint density at radius 1 is 1.28 bits per heavy atom. The zero-order valence-corrected chi connectivity index (χ0v) is 10.8. The van der Waals surface area contributed by atoms with Crippen molar-refractivity contribution in [2.24, 2.45) is 26.8 Å². The maximum absolute atomic E-state index is 6.30. The molecule has 0 radical (unpaired) electrons. The second-order valence-corrected chi connectivity index (χ2v) is 5.82. The van der Waals surface area contributed by atoms with Gasteiger partial charge < -0.3 is 0 Å². The summed E-state index contributed by atoms with van der Waals surface area (Å²) in [5.74, 6) is 1.06. The minimum absolute atomic E-state index is 0.373. The van der Waals surface area contributed by atoms with E-state index >= 15 is 0 Å². The molecule has 0 amide bonds. The molecule has 2 unspecified atom stereocenters. The lowest BCUT2D eigenvalue weighted by Crippen LogP contribution is -2.45. The Morgan fingerprint density at radius 3 is 2.94 bits per heavy atom. The third-order valence-corrected chi connectivity index (χ3v) is 4.90. The lowest BCUT2D eigenvalue weighted by molar-refractivity contribution is 0.333. The Balaban J connectivity index is 1.85.